The third-order valence-corrected chi connectivity index (χ3v) is 4.70. The molecule has 126 valence electrons. The first-order valence-corrected chi connectivity index (χ1v) is 8.28. The molecule has 1 aliphatic carbocycles. The maximum atomic E-state index is 12.5. The highest BCUT2D eigenvalue weighted by Gasteiger charge is 2.46. The van der Waals surface area contributed by atoms with E-state index in [2.05, 4.69) is 12.2 Å². The van der Waals surface area contributed by atoms with Gasteiger partial charge < -0.3 is 15.2 Å². The molecule has 23 heavy (non-hydrogen) atoms. The number of esters is 1. The van der Waals surface area contributed by atoms with Crippen molar-refractivity contribution in [2.45, 2.75) is 32.3 Å². The van der Waals surface area contributed by atoms with Gasteiger partial charge in [-0.3, -0.25) is 4.79 Å². The van der Waals surface area contributed by atoms with E-state index in [-0.39, 0.29) is 11.9 Å². The highest BCUT2D eigenvalue weighted by Crippen LogP contribution is 2.43. The first-order chi connectivity index (χ1) is 11.2. The molecule has 1 aromatic rings. The van der Waals surface area contributed by atoms with Gasteiger partial charge in [-0.15, -0.1) is 0 Å². The molecule has 0 fully saturated rings. The van der Waals surface area contributed by atoms with Crippen LogP contribution in [0.1, 0.15) is 31.2 Å². The van der Waals surface area contributed by atoms with E-state index in [4.69, 9.17) is 15.2 Å². The van der Waals surface area contributed by atoms with Crippen molar-refractivity contribution in [3.63, 3.8) is 0 Å². The quantitative estimate of drug-likeness (QED) is 0.591. The number of benzene rings is 1. The van der Waals surface area contributed by atoms with Gasteiger partial charge in [-0.05, 0) is 37.8 Å². The minimum absolute atomic E-state index is 0.134. The summed E-state index contributed by atoms with van der Waals surface area (Å²) >= 11 is 0. The molecule has 0 spiro atoms. The molecule has 0 saturated carbocycles. The first kappa shape index (κ1) is 17.7. The number of carbonyl (C=O) groups is 1. The van der Waals surface area contributed by atoms with Gasteiger partial charge >= 0.3 is 5.97 Å². The Kier molecular flexibility index (Phi) is 6.81. The maximum absolute atomic E-state index is 12.5. The lowest BCUT2D eigenvalue weighted by Crippen LogP contribution is -2.43. The summed E-state index contributed by atoms with van der Waals surface area (Å²) in [5.74, 6) is -0.00109. The zero-order chi connectivity index (χ0) is 16.5. The number of hydrogen-bond acceptors (Lipinski definition) is 4. The number of nitrogens with two attached hydrogens (primary N) is 1. The highest BCUT2D eigenvalue weighted by atomic mass is 16.5. The van der Waals surface area contributed by atoms with Crippen LogP contribution in [-0.2, 0) is 20.9 Å². The average molecular weight is 317 g/mol. The highest BCUT2D eigenvalue weighted by molar-refractivity contribution is 5.77. The topological polar surface area (TPSA) is 61.5 Å². The van der Waals surface area contributed by atoms with E-state index in [9.17, 15) is 4.79 Å². The van der Waals surface area contributed by atoms with Crippen LogP contribution < -0.4 is 5.73 Å². The molecular formula is C19H27NO3. The van der Waals surface area contributed by atoms with Crippen molar-refractivity contribution < 1.29 is 14.3 Å². The van der Waals surface area contributed by atoms with Crippen molar-refractivity contribution in [1.29, 1.82) is 0 Å². The average Bonchev–Trinajstić information content (AvgIpc) is 2.61. The van der Waals surface area contributed by atoms with E-state index < -0.39 is 5.41 Å². The fraction of sp³-hybridized carbons (Fsp3) is 0.526. The zero-order valence-electron chi connectivity index (χ0n) is 13.9. The molecule has 0 amide bonds. The van der Waals surface area contributed by atoms with Gasteiger partial charge in [-0.25, -0.2) is 0 Å². The third kappa shape index (κ3) is 4.43. The first-order valence-electron chi connectivity index (χ1n) is 8.28. The van der Waals surface area contributed by atoms with Crippen molar-refractivity contribution in [3.8, 4) is 0 Å². The second-order valence-electron chi connectivity index (χ2n) is 6.15. The fourth-order valence-electron chi connectivity index (χ4n) is 3.35. The summed E-state index contributed by atoms with van der Waals surface area (Å²) in [6, 6.07) is 10.1. The Morgan fingerprint density at radius 2 is 2.09 bits per heavy atom. The summed E-state index contributed by atoms with van der Waals surface area (Å²) in [6.07, 6.45) is 7.34. The molecule has 1 aliphatic rings. The summed E-state index contributed by atoms with van der Waals surface area (Å²) < 4.78 is 11.0. The van der Waals surface area contributed by atoms with Crippen molar-refractivity contribution >= 4 is 5.97 Å². The number of hydrogen-bond donors (Lipinski definition) is 1. The summed E-state index contributed by atoms with van der Waals surface area (Å²) in [4.78, 5) is 12.5. The SMILES string of the molecule is COC(=O)[C@]1(CCCN)CC=CC[C@@H]1COCc1ccccc1. The second-order valence-corrected chi connectivity index (χ2v) is 6.15. The van der Waals surface area contributed by atoms with E-state index in [0.717, 1.165) is 24.8 Å². The van der Waals surface area contributed by atoms with Crippen LogP contribution in [0.2, 0.25) is 0 Å². The number of rotatable bonds is 8. The Morgan fingerprint density at radius 1 is 1.30 bits per heavy atom. The van der Waals surface area contributed by atoms with Crippen molar-refractivity contribution in [2.24, 2.45) is 17.1 Å². The van der Waals surface area contributed by atoms with Gasteiger partial charge in [0, 0.05) is 5.92 Å². The molecule has 0 bridgehead atoms. The van der Waals surface area contributed by atoms with Crippen molar-refractivity contribution in [1.82, 2.24) is 0 Å². The lowest BCUT2D eigenvalue weighted by Gasteiger charge is -2.39. The molecule has 0 saturated heterocycles. The Hall–Kier alpha value is -1.65. The summed E-state index contributed by atoms with van der Waals surface area (Å²) in [6.45, 7) is 1.70. The monoisotopic (exact) mass is 317 g/mol. The van der Waals surface area contributed by atoms with Gasteiger partial charge in [0.1, 0.15) is 0 Å². The summed E-state index contributed by atoms with van der Waals surface area (Å²) in [5, 5.41) is 0. The molecule has 4 nitrogen and oxygen atoms in total. The lowest BCUT2D eigenvalue weighted by atomic mass is 9.66. The molecule has 0 aliphatic heterocycles. The molecule has 0 aromatic heterocycles. The van der Waals surface area contributed by atoms with Gasteiger partial charge in [0.15, 0.2) is 0 Å². The Balaban J connectivity index is 2.03. The summed E-state index contributed by atoms with van der Waals surface area (Å²) in [5.41, 5.74) is 6.31. The fourth-order valence-corrected chi connectivity index (χ4v) is 3.35. The lowest BCUT2D eigenvalue weighted by molar-refractivity contribution is -0.159. The minimum atomic E-state index is -0.500. The molecule has 2 rings (SSSR count). The van der Waals surface area contributed by atoms with Crippen LogP contribution in [0.25, 0.3) is 0 Å². The van der Waals surface area contributed by atoms with Crippen LogP contribution in [0, 0.1) is 11.3 Å². The van der Waals surface area contributed by atoms with Crippen molar-refractivity contribution in [3.05, 3.63) is 48.0 Å². The van der Waals surface area contributed by atoms with E-state index in [0.29, 0.717) is 26.2 Å². The molecule has 1 aromatic carbocycles. The standard InChI is InChI=1S/C19H27NO3/c1-22-18(21)19(12-7-13-20)11-6-5-10-17(19)15-23-14-16-8-3-2-4-9-16/h2-6,8-9,17H,7,10-15,20H2,1H3/t17-,19+/m1/s1. The predicted octanol–water partition coefficient (Wildman–Crippen LogP) is 3.07. The number of methoxy groups -OCH3 is 1. The van der Waals surface area contributed by atoms with Gasteiger partial charge in [-0.1, -0.05) is 42.5 Å². The van der Waals surface area contributed by atoms with Crippen LogP contribution in [-0.4, -0.2) is 26.2 Å². The Bertz CT molecular complexity index is 515. The molecule has 4 heteroatoms. The molecule has 2 N–H and O–H groups in total. The van der Waals surface area contributed by atoms with E-state index >= 15 is 0 Å². The third-order valence-electron chi connectivity index (χ3n) is 4.70. The van der Waals surface area contributed by atoms with Gasteiger partial charge in [-0.2, -0.15) is 0 Å². The van der Waals surface area contributed by atoms with Crippen LogP contribution >= 0.6 is 0 Å². The summed E-state index contributed by atoms with van der Waals surface area (Å²) in [7, 11) is 1.47. The predicted molar refractivity (Wildman–Crippen MR) is 90.7 cm³/mol. The Labute approximate surface area is 138 Å². The van der Waals surface area contributed by atoms with Crippen LogP contribution in [0.4, 0.5) is 0 Å². The van der Waals surface area contributed by atoms with Gasteiger partial charge in [0.2, 0.25) is 0 Å². The van der Waals surface area contributed by atoms with E-state index in [1.54, 1.807) is 0 Å². The number of carbonyl (C=O) groups excluding carboxylic acids is 1. The number of ether oxygens (including phenoxy) is 2. The normalized spacial score (nSPS) is 23.7. The molecule has 0 unspecified atom stereocenters. The zero-order valence-corrected chi connectivity index (χ0v) is 13.9. The van der Waals surface area contributed by atoms with Crippen LogP contribution in [0.15, 0.2) is 42.5 Å². The van der Waals surface area contributed by atoms with Crippen LogP contribution in [0.5, 0.6) is 0 Å². The largest absolute Gasteiger partial charge is 0.469 e. The van der Waals surface area contributed by atoms with Gasteiger partial charge in [0.25, 0.3) is 0 Å². The van der Waals surface area contributed by atoms with Crippen molar-refractivity contribution in [2.75, 3.05) is 20.3 Å². The van der Waals surface area contributed by atoms with E-state index in [1.165, 1.54) is 7.11 Å². The smallest absolute Gasteiger partial charge is 0.312 e. The molecular weight excluding hydrogens is 290 g/mol. The second kappa shape index (κ2) is 8.85. The molecule has 0 heterocycles. The van der Waals surface area contributed by atoms with Crippen LogP contribution in [0.3, 0.4) is 0 Å². The van der Waals surface area contributed by atoms with E-state index in [1.807, 2.05) is 30.3 Å². The maximum Gasteiger partial charge on any atom is 0.312 e. The number of allylic oxidation sites excluding steroid dienone is 2. The molecule has 0 radical (unpaired) electrons. The van der Waals surface area contributed by atoms with Gasteiger partial charge in [0.05, 0.1) is 25.7 Å². The Morgan fingerprint density at radius 3 is 2.78 bits per heavy atom. The molecule has 2 atom stereocenters. The minimum Gasteiger partial charge on any atom is -0.469 e.